The minimum atomic E-state index is -3.54. The second-order valence-electron chi connectivity index (χ2n) is 7.91. The van der Waals surface area contributed by atoms with Crippen molar-refractivity contribution in [2.75, 3.05) is 13.1 Å². The highest BCUT2D eigenvalue weighted by molar-refractivity contribution is 7.89. The number of likely N-dealkylation sites (tertiary alicyclic amines) is 1. The second kappa shape index (κ2) is 8.24. The molecule has 1 aromatic heterocycles. The third-order valence-corrected chi connectivity index (χ3v) is 7.44. The summed E-state index contributed by atoms with van der Waals surface area (Å²) in [5.74, 6) is 0.0419. The Morgan fingerprint density at radius 1 is 1.10 bits per heavy atom. The molecule has 3 aromatic rings. The number of hydrogen-bond donors (Lipinski definition) is 1. The summed E-state index contributed by atoms with van der Waals surface area (Å²) in [5.41, 5.74) is 3.99. The quantitative estimate of drug-likeness (QED) is 0.677. The normalized spacial score (nSPS) is 15.6. The Kier molecular flexibility index (Phi) is 5.66. The summed E-state index contributed by atoms with van der Waals surface area (Å²) in [6, 6.07) is 12.3. The fourth-order valence-corrected chi connectivity index (χ4v) is 5.26. The lowest BCUT2D eigenvalue weighted by Gasteiger charge is -2.32. The third kappa shape index (κ3) is 4.13. The Balaban J connectivity index is 1.37. The number of hydrogen-bond acceptors (Lipinski definition) is 4. The van der Waals surface area contributed by atoms with Gasteiger partial charge in [0.25, 0.3) is 0 Å². The zero-order valence-electron chi connectivity index (χ0n) is 17.2. The van der Waals surface area contributed by atoms with Gasteiger partial charge in [-0.1, -0.05) is 30.3 Å². The van der Waals surface area contributed by atoms with Crippen LogP contribution in [-0.2, 0) is 21.2 Å². The Bertz CT molecular complexity index is 1160. The molecular formula is C23H26N2O4S. The molecule has 1 aliphatic heterocycles. The van der Waals surface area contributed by atoms with Gasteiger partial charge in [-0.2, -0.15) is 0 Å². The average molecular weight is 427 g/mol. The number of piperidine rings is 1. The van der Waals surface area contributed by atoms with E-state index >= 15 is 0 Å². The standard InChI is InChI=1S/C23H26N2O4S/c1-16-8-9-21-18(15-29-23(21)17(16)2)14-22(26)25-12-10-19(11-13-25)24-30(27,28)20-6-4-3-5-7-20/h3-9,15,19,24H,10-14H2,1-2H3. The maximum Gasteiger partial charge on any atom is 0.240 e. The zero-order chi connectivity index (χ0) is 21.3. The molecule has 0 unspecified atom stereocenters. The molecule has 0 atom stereocenters. The molecule has 30 heavy (non-hydrogen) atoms. The summed E-state index contributed by atoms with van der Waals surface area (Å²) < 4.78 is 33.5. The van der Waals surface area contributed by atoms with E-state index in [0.717, 1.165) is 27.7 Å². The Morgan fingerprint density at radius 3 is 2.50 bits per heavy atom. The number of sulfonamides is 1. The van der Waals surface area contributed by atoms with E-state index in [1.54, 1.807) is 36.6 Å². The largest absolute Gasteiger partial charge is 0.464 e. The van der Waals surface area contributed by atoms with Crippen molar-refractivity contribution in [1.82, 2.24) is 9.62 Å². The number of nitrogens with one attached hydrogen (secondary N) is 1. The fraction of sp³-hybridized carbons (Fsp3) is 0.348. The molecule has 2 heterocycles. The maximum atomic E-state index is 12.8. The SMILES string of the molecule is Cc1ccc2c(CC(=O)N3CCC(NS(=O)(=O)c4ccccc4)CC3)coc2c1C. The van der Waals surface area contributed by atoms with Gasteiger partial charge < -0.3 is 9.32 Å². The van der Waals surface area contributed by atoms with Gasteiger partial charge in [-0.25, -0.2) is 13.1 Å². The first-order chi connectivity index (χ1) is 14.3. The van der Waals surface area contributed by atoms with Crippen LogP contribution >= 0.6 is 0 Å². The second-order valence-corrected chi connectivity index (χ2v) is 9.63. The Labute approximate surface area is 176 Å². The van der Waals surface area contributed by atoms with E-state index < -0.39 is 10.0 Å². The first-order valence-electron chi connectivity index (χ1n) is 10.2. The lowest BCUT2D eigenvalue weighted by atomic mass is 10.0. The molecule has 0 saturated carbocycles. The molecular weight excluding hydrogens is 400 g/mol. The molecule has 0 aliphatic carbocycles. The smallest absolute Gasteiger partial charge is 0.240 e. The average Bonchev–Trinajstić information content (AvgIpc) is 3.15. The van der Waals surface area contributed by atoms with Crippen LogP contribution < -0.4 is 4.72 Å². The number of rotatable bonds is 5. The molecule has 1 N–H and O–H groups in total. The number of nitrogens with zero attached hydrogens (tertiary/aromatic N) is 1. The summed E-state index contributed by atoms with van der Waals surface area (Å²) in [7, 11) is -3.54. The van der Waals surface area contributed by atoms with Crippen molar-refractivity contribution < 1.29 is 17.6 Å². The number of furan rings is 1. The van der Waals surface area contributed by atoms with Gasteiger partial charge in [0, 0.05) is 30.1 Å². The van der Waals surface area contributed by atoms with E-state index in [-0.39, 0.29) is 23.3 Å². The molecule has 1 saturated heterocycles. The van der Waals surface area contributed by atoms with Crippen molar-refractivity contribution in [1.29, 1.82) is 0 Å². The van der Waals surface area contributed by atoms with Crippen molar-refractivity contribution in [2.45, 2.75) is 44.0 Å². The predicted molar refractivity (Wildman–Crippen MR) is 116 cm³/mol. The summed E-state index contributed by atoms with van der Waals surface area (Å²) in [5, 5.41) is 0.983. The third-order valence-electron chi connectivity index (χ3n) is 5.91. The highest BCUT2D eigenvalue weighted by Gasteiger charge is 2.27. The van der Waals surface area contributed by atoms with Gasteiger partial charge in [0.05, 0.1) is 17.6 Å². The van der Waals surface area contributed by atoms with Crippen LogP contribution in [0, 0.1) is 13.8 Å². The van der Waals surface area contributed by atoms with Gasteiger partial charge in [-0.3, -0.25) is 4.79 Å². The lowest BCUT2D eigenvalue weighted by Crippen LogP contribution is -2.46. The highest BCUT2D eigenvalue weighted by Crippen LogP contribution is 2.27. The Morgan fingerprint density at radius 2 is 1.80 bits per heavy atom. The molecule has 4 rings (SSSR count). The van der Waals surface area contributed by atoms with Gasteiger partial charge in [0.2, 0.25) is 15.9 Å². The number of carbonyl (C=O) groups is 1. The summed E-state index contributed by atoms with van der Waals surface area (Å²) in [6.45, 7) is 5.13. The van der Waals surface area contributed by atoms with Crippen molar-refractivity contribution in [2.24, 2.45) is 0 Å². The molecule has 158 valence electrons. The van der Waals surface area contributed by atoms with Gasteiger partial charge >= 0.3 is 0 Å². The van der Waals surface area contributed by atoms with Crippen LogP contribution in [0.4, 0.5) is 0 Å². The van der Waals surface area contributed by atoms with Crippen molar-refractivity contribution in [3.05, 3.63) is 65.4 Å². The number of carbonyl (C=O) groups excluding carboxylic acids is 1. The molecule has 1 aliphatic rings. The molecule has 6 nitrogen and oxygen atoms in total. The van der Waals surface area contributed by atoms with Crippen molar-refractivity contribution in [3.8, 4) is 0 Å². The minimum absolute atomic E-state index is 0.0419. The number of fused-ring (bicyclic) bond motifs is 1. The highest BCUT2D eigenvalue weighted by atomic mass is 32.2. The molecule has 1 amide bonds. The van der Waals surface area contributed by atoms with Crippen LogP contribution in [0.3, 0.4) is 0 Å². The maximum absolute atomic E-state index is 12.8. The Hall–Kier alpha value is -2.64. The summed E-state index contributed by atoms with van der Waals surface area (Å²) >= 11 is 0. The number of aryl methyl sites for hydroxylation is 2. The van der Waals surface area contributed by atoms with Crippen molar-refractivity contribution >= 4 is 26.9 Å². The number of amides is 1. The van der Waals surface area contributed by atoms with Gasteiger partial charge in [0.15, 0.2) is 0 Å². The molecule has 0 bridgehead atoms. The van der Waals surface area contributed by atoms with E-state index in [4.69, 9.17) is 4.42 Å². The van der Waals surface area contributed by atoms with E-state index in [1.807, 2.05) is 30.9 Å². The summed E-state index contributed by atoms with van der Waals surface area (Å²) in [4.78, 5) is 14.9. The monoisotopic (exact) mass is 426 g/mol. The van der Waals surface area contributed by atoms with E-state index in [0.29, 0.717) is 25.9 Å². The van der Waals surface area contributed by atoms with E-state index in [2.05, 4.69) is 4.72 Å². The van der Waals surface area contributed by atoms with Crippen LogP contribution in [0.2, 0.25) is 0 Å². The van der Waals surface area contributed by atoms with Crippen LogP contribution in [0.15, 0.2) is 58.0 Å². The first-order valence-corrected chi connectivity index (χ1v) is 11.6. The predicted octanol–water partition coefficient (Wildman–Crippen LogP) is 3.56. The first kappa shape index (κ1) is 20.6. The van der Waals surface area contributed by atoms with Gasteiger partial charge in [-0.05, 0) is 49.9 Å². The molecule has 1 fully saturated rings. The molecule has 2 aromatic carbocycles. The molecule has 0 radical (unpaired) electrons. The number of benzene rings is 2. The van der Waals surface area contributed by atoms with Gasteiger partial charge in [-0.15, -0.1) is 0 Å². The van der Waals surface area contributed by atoms with E-state index in [9.17, 15) is 13.2 Å². The van der Waals surface area contributed by atoms with Crippen molar-refractivity contribution in [3.63, 3.8) is 0 Å². The van der Waals surface area contributed by atoms with Crippen LogP contribution in [0.5, 0.6) is 0 Å². The minimum Gasteiger partial charge on any atom is -0.464 e. The summed E-state index contributed by atoms with van der Waals surface area (Å²) in [6.07, 6.45) is 3.16. The van der Waals surface area contributed by atoms with Crippen LogP contribution in [0.25, 0.3) is 11.0 Å². The van der Waals surface area contributed by atoms with Gasteiger partial charge in [0.1, 0.15) is 5.58 Å². The molecule has 0 spiro atoms. The fourth-order valence-electron chi connectivity index (χ4n) is 3.93. The van der Waals surface area contributed by atoms with E-state index in [1.165, 1.54) is 0 Å². The molecule has 7 heteroatoms. The van der Waals surface area contributed by atoms with Crippen LogP contribution in [-0.4, -0.2) is 38.4 Å². The zero-order valence-corrected chi connectivity index (χ0v) is 18.0. The topological polar surface area (TPSA) is 79.6 Å². The lowest BCUT2D eigenvalue weighted by molar-refractivity contribution is -0.131. The van der Waals surface area contributed by atoms with Crippen LogP contribution in [0.1, 0.15) is 29.5 Å².